The minimum absolute atomic E-state index is 0.115. The van der Waals surface area contributed by atoms with E-state index in [0.717, 1.165) is 5.56 Å². The van der Waals surface area contributed by atoms with Crippen LogP contribution in [0.2, 0.25) is 0 Å². The summed E-state index contributed by atoms with van der Waals surface area (Å²) in [6.07, 6.45) is 0.119. The zero-order chi connectivity index (χ0) is 18.2. The first-order chi connectivity index (χ1) is 12.0. The number of hydrogen-bond donors (Lipinski definition) is 3. The van der Waals surface area contributed by atoms with E-state index in [-0.39, 0.29) is 18.5 Å². The molecule has 1 aromatic carbocycles. The summed E-state index contributed by atoms with van der Waals surface area (Å²) in [6.45, 7) is 6.55. The van der Waals surface area contributed by atoms with Gasteiger partial charge in [-0.3, -0.25) is 0 Å². The topological polar surface area (TPSA) is 100 Å². The van der Waals surface area contributed by atoms with Crippen LogP contribution in [-0.4, -0.2) is 40.5 Å². The minimum Gasteiger partial charge on any atom is -0.391 e. The first kappa shape index (κ1) is 18.9. The quantitative estimate of drug-likeness (QED) is 0.682. The molecule has 7 heteroatoms. The summed E-state index contributed by atoms with van der Waals surface area (Å²) in [5, 5.41) is 19.1. The van der Waals surface area contributed by atoms with Gasteiger partial charge < -0.3 is 20.3 Å². The number of nitrogens with zero attached hydrogens (tertiary/aromatic N) is 2. The zero-order valence-corrected chi connectivity index (χ0v) is 14.9. The third kappa shape index (κ3) is 6.19. The van der Waals surface area contributed by atoms with E-state index in [1.54, 1.807) is 0 Å². The standard InChI is InChI=1S/C18H26N4O3/c1-12(2)9-15(23)11-20-18(24)19-10-13(3)17-21-16(22-25-17)14-7-5-4-6-8-14/h4-8,12-13,15,23H,9-11H2,1-3H3,(H2,19,20,24). The highest BCUT2D eigenvalue weighted by atomic mass is 16.5. The largest absolute Gasteiger partial charge is 0.391 e. The number of aromatic nitrogens is 2. The average molecular weight is 346 g/mol. The Morgan fingerprint density at radius 1 is 1.16 bits per heavy atom. The van der Waals surface area contributed by atoms with Gasteiger partial charge in [-0.2, -0.15) is 4.98 Å². The summed E-state index contributed by atoms with van der Waals surface area (Å²) in [5.41, 5.74) is 0.884. The number of aliphatic hydroxyl groups is 1. The first-order valence-corrected chi connectivity index (χ1v) is 8.54. The third-order valence-electron chi connectivity index (χ3n) is 3.71. The number of amides is 2. The van der Waals surface area contributed by atoms with Gasteiger partial charge in [-0.05, 0) is 12.3 Å². The van der Waals surface area contributed by atoms with Crippen LogP contribution in [0.1, 0.15) is 39.0 Å². The van der Waals surface area contributed by atoms with Crippen LogP contribution in [0.3, 0.4) is 0 Å². The van der Waals surface area contributed by atoms with E-state index in [4.69, 9.17) is 4.52 Å². The van der Waals surface area contributed by atoms with Gasteiger partial charge in [-0.15, -0.1) is 0 Å². The lowest BCUT2D eigenvalue weighted by Crippen LogP contribution is -2.41. The molecule has 0 bridgehead atoms. The van der Waals surface area contributed by atoms with Crippen LogP contribution in [0, 0.1) is 5.92 Å². The van der Waals surface area contributed by atoms with Crippen molar-refractivity contribution in [1.29, 1.82) is 0 Å². The molecule has 0 spiro atoms. The van der Waals surface area contributed by atoms with Gasteiger partial charge in [0.2, 0.25) is 11.7 Å². The lowest BCUT2D eigenvalue weighted by atomic mass is 10.1. The number of urea groups is 1. The Bertz CT molecular complexity index is 657. The van der Waals surface area contributed by atoms with Crippen molar-refractivity contribution in [3.63, 3.8) is 0 Å². The fourth-order valence-electron chi connectivity index (χ4n) is 2.37. The molecule has 0 saturated carbocycles. The molecule has 136 valence electrons. The fraction of sp³-hybridized carbons (Fsp3) is 0.500. The first-order valence-electron chi connectivity index (χ1n) is 8.54. The maximum Gasteiger partial charge on any atom is 0.314 e. The smallest absolute Gasteiger partial charge is 0.314 e. The van der Waals surface area contributed by atoms with Gasteiger partial charge in [0, 0.05) is 18.7 Å². The maximum absolute atomic E-state index is 11.8. The predicted molar refractivity (Wildman–Crippen MR) is 95.0 cm³/mol. The lowest BCUT2D eigenvalue weighted by Gasteiger charge is -2.15. The molecule has 2 amide bonds. The van der Waals surface area contributed by atoms with Crippen molar-refractivity contribution in [1.82, 2.24) is 20.8 Å². The summed E-state index contributed by atoms with van der Waals surface area (Å²) in [5.74, 6) is 1.27. The average Bonchev–Trinajstić information content (AvgIpc) is 3.08. The molecular formula is C18H26N4O3. The van der Waals surface area contributed by atoms with E-state index in [0.29, 0.717) is 30.6 Å². The van der Waals surface area contributed by atoms with Crippen molar-refractivity contribution in [3.8, 4) is 11.4 Å². The molecule has 7 nitrogen and oxygen atoms in total. The lowest BCUT2D eigenvalue weighted by molar-refractivity contribution is 0.146. The summed E-state index contributed by atoms with van der Waals surface area (Å²) >= 11 is 0. The summed E-state index contributed by atoms with van der Waals surface area (Å²) < 4.78 is 5.28. The Labute approximate surface area is 147 Å². The predicted octanol–water partition coefficient (Wildman–Crippen LogP) is 2.55. The van der Waals surface area contributed by atoms with Crippen molar-refractivity contribution < 1.29 is 14.4 Å². The summed E-state index contributed by atoms with van der Waals surface area (Å²) in [6, 6.07) is 9.25. The van der Waals surface area contributed by atoms with Gasteiger partial charge >= 0.3 is 6.03 Å². The second-order valence-electron chi connectivity index (χ2n) is 6.60. The number of carbonyl (C=O) groups is 1. The van der Waals surface area contributed by atoms with Crippen molar-refractivity contribution in [2.75, 3.05) is 13.1 Å². The molecule has 0 aliphatic carbocycles. The number of benzene rings is 1. The molecule has 0 aliphatic heterocycles. The number of carbonyl (C=O) groups excluding carboxylic acids is 1. The van der Waals surface area contributed by atoms with Gasteiger partial charge in [-0.25, -0.2) is 4.79 Å². The second kappa shape index (κ2) is 9.17. The Morgan fingerprint density at radius 3 is 2.52 bits per heavy atom. The molecule has 3 N–H and O–H groups in total. The van der Waals surface area contributed by atoms with Crippen LogP contribution in [0.15, 0.2) is 34.9 Å². The highest BCUT2D eigenvalue weighted by Gasteiger charge is 2.16. The zero-order valence-electron chi connectivity index (χ0n) is 14.9. The van der Waals surface area contributed by atoms with E-state index in [1.807, 2.05) is 51.1 Å². The molecule has 2 rings (SSSR count). The highest BCUT2D eigenvalue weighted by Crippen LogP contribution is 2.18. The van der Waals surface area contributed by atoms with Crippen LogP contribution in [0.25, 0.3) is 11.4 Å². The van der Waals surface area contributed by atoms with E-state index < -0.39 is 6.10 Å². The summed E-state index contributed by atoms with van der Waals surface area (Å²) in [4.78, 5) is 16.2. The van der Waals surface area contributed by atoms with Crippen LogP contribution in [0.5, 0.6) is 0 Å². The monoisotopic (exact) mass is 346 g/mol. The molecule has 25 heavy (non-hydrogen) atoms. The Morgan fingerprint density at radius 2 is 1.84 bits per heavy atom. The van der Waals surface area contributed by atoms with Gasteiger partial charge in [0.05, 0.1) is 12.0 Å². The van der Waals surface area contributed by atoms with Crippen molar-refractivity contribution in [2.45, 2.75) is 39.2 Å². The fourth-order valence-corrected chi connectivity index (χ4v) is 2.37. The summed E-state index contributed by atoms with van der Waals surface area (Å²) in [7, 11) is 0. The molecule has 2 atom stereocenters. The van der Waals surface area contributed by atoms with Gasteiger partial charge in [0.1, 0.15) is 0 Å². The second-order valence-corrected chi connectivity index (χ2v) is 6.60. The van der Waals surface area contributed by atoms with Gasteiger partial charge in [-0.1, -0.05) is 56.3 Å². The number of aliphatic hydroxyl groups excluding tert-OH is 1. The number of hydrogen-bond acceptors (Lipinski definition) is 5. The maximum atomic E-state index is 11.8. The van der Waals surface area contributed by atoms with E-state index in [9.17, 15) is 9.90 Å². The van der Waals surface area contributed by atoms with Crippen LogP contribution >= 0.6 is 0 Å². The Kier molecular flexibility index (Phi) is 6.94. The highest BCUT2D eigenvalue weighted by molar-refractivity contribution is 5.73. The normalized spacial score (nSPS) is 13.5. The number of rotatable bonds is 8. The van der Waals surface area contributed by atoms with Crippen molar-refractivity contribution in [3.05, 3.63) is 36.2 Å². The van der Waals surface area contributed by atoms with Gasteiger partial charge in [0.25, 0.3) is 0 Å². The minimum atomic E-state index is -0.535. The van der Waals surface area contributed by atoms with E-state index >= 15 is 0 Å². The molecule has 0 aliphatic rings. The molecular weight excluding hydrogens is 320 g/mol. The van der Waals surface area contributed by atoms with Gasteiger partial charge in [0.15, 0.2) is 0 Å². The third-order valence-corrected chi connectivity index (χ3v) is 3.71. The van der Waals surface area contributed by atoms with Crippen LogP contribution in [-0.2, 0) is 0 Å². The molecule has 1 aromatic heterocycles. The molecule has 2 unspecified atom stereocenters. The van der Waals surface area contributed by atoms with E-state index in [1.165, 1.54) is 0 Å². The SMILES string of the molecule is CC(C)CC(O)CNC(=O)NCC(C)c1nc(-c2ccccc2)no1. The number of nitrogens with one attached hydrogen (secondary N) is 2. The van der Waals surface area contributed by atoms with Crippen molar-refractivity contribution >= 4 is 6.03 Å². The van der Waals surface area contributed by atoms with E-state index in [2.05, 4.69) is 20.8 Å². The molecule has 2 aromatic rings. The van der Waals surface area contributed by atoms with Crippen LogP contribution in [0.4, 0.5) is 4.79 Å². The van der Waals surface area contributed by atoms with Crippen molar-refractivity contribution in [2.24, 2.45) is 5.92 Å². The van der Waals surface area contributed by atoms with Crippen LogP contribution < -0.4 is 10.6 Å². The molecule has 0 fully saturated rings. The molecule has 0 radical (unpaired) electrons. The molecule has 1 heterocycles. The Balaban J connectivity index is 1.77. The Hall–Kier alpha value is -2.41. The molecule has 0 saturated heterocycles.